The predicted octanol–water partition coefficient (Wildman–Crippen LogP) is 10.4. The van der Waals surface area contributed by atoms with E-state index in [1.807, 2.05) is 6.07 Å². The van der Waals surface area contributed by atoms with Crippen molar-refractivity contribution in [2.24, 2.45) is 18.4 Å². The lowest BCUT2D eigenvalue weighted by molar-refractivity contribution is -0.660. The average Bonchev–Trinajstić information content (AvgIpc) is 3.29. The van der Waals surface area contributed by atoms with Crippen LogP contribution in [0.1, 0.15) is 80.2 Å². The molecule has 0 radical (unpaired) electrons. The molecule has 0 atom stereocenters. The van der Waals surface area contributed by atoms with E-state index in [4.69, 9.17) is 4.42 Å². The highest BCUT2D eigenvalue weighted by Gasteiger charge is 2.31. The summed E-state index contributed by atoms with van der Waals surface area (Å²) in [5, 5.41) is 1.97. The summed E-state index contributed by atoms with van der Waals surface area (Å²) in [6.07, 6.45) is 7.18. The maximum absolute atomic E-state index is 15.7. The van der Waals surface area contributed by atoms with Gasteiger partial charge in [-0.1, -0.05) is 51.1 Å². The molecule has 0 saturated heterocycles. The van der Waals surface area contributed by atoms with Crippen molar-refractivity contribution in [2.75, 3.05) is 0 Å². The molecule has 2 nitrogen and oxygen atoms in total. The van der Waals surface area contributed by atoms with Crippen molar-refractivity contribution in [1.29, 1.82) is 0 Å². The van der Waals surface area contributed by atoms with Gasteiger partial charge < -0.3 is 4.42 Å². The molecule has 1 aliphatic carbocycles. The summed E-state index contributed by atoms with van der Waals surface area (Å²) in [4.78, 5) is 0. The first-order valence-electron chi connectivity index (χ1n) is 15.2. The Labute approximate surface area is 244 Å². The Kier molecular flexibility index (Phi) is 6.83. The third-order valence-electron chi connectivity index (χ3n) is 9.92. The van der Waals surface area contributed by atoms with E-state index in [1.54, 1.807) is 6.07 Å². The van der Waals surface area contributed by atoms with Crippen LogP contribution in [0.3, 0.4) is 0 Å². The van der Waals surface area contributed by atoms with Crippen LogP contribution in [0, 0.1) is 44.8 Å². The number of pyridine rings is 1. The SMILES string of the molecule is Cc1cc(-c2c(C)ccc3c2oc2c(-c4ccc(C5CCC(C(C)(C)C)CC5)c(C)c4)c(F)ccc23)[n+](C)cc1C. The third-order valence-corrected chi connectivity index (χ3v) is 9.92. The van der Waals surface area contributed by atoms with Crippen LogP contribution in [0.2, 0.25) is 0 Å². The van der Waals surface area contributed by atoms with Gasteiger partial charge in [-0.25, -0.2) is 8.96 Å². The molecule has 3 aromatic carbocycles. The minimum atomic E-state index is -0.246. The zero-order valence-corrected chi connectivity index (χ0v) is 25.9. The molecular weight excluding hydrogens is 505 g/mol. The maximum Gasteiger partial charge on any atom is 0.216 e. The topological polar surface area (TPSA) is 17.0 Å². The van der Waals surface area contributed by atoms with Crippen LogP contribution >= 0.6 is 0 Å². The van der Waals surface area contributed by atoms with Crippen LogP contribution in [0.5, 0.6) is 0 Å². The molecule has 0 unspecified atom stereocenters. The number of rotatable bonds is 3. The molecule has 0 aliphatic heterocycles. The minimum absolute atomic E-state index is 0.246. The first kappa shape index (κ1) is 27.7. The summed E-state index contributed by atoms with van der Waals surface area (Å²) in [6.45, 7) is 15.7. The Morgan fingerprint density at radius 2 is 1.39 bits per heavy atom. The van der Waals surface area contributed by atoms with E-state index in [0.717, 1.165) is 44.7 Å². The standard InChI is InChI=1S/C38H43FNO/c1-22-9-15-30-31-17-18-32(39)35(37(31)41-36(30)34(22)33-20-23(2)25(4)21-40(33)8)27-12-16-29(24(3)19-27)26-10-13-28(14-11-26)38(5,6)7/h9,12,15-21,26,28H,10-11,13-14H2,1-8H3/q+1. The number of furan rings is 1. The maximum atomic E-state index is 15.7. The summed E-state index contributed by atoms with van der Waals surface area (Å²) >= 11 is 0. The van der Waals surface area contributed by atoms with E-state index in [9.17, 15) is 0 Å². The minimum Gasteiger partial charge on any atom is -0.454 e. The quantitative estimate of drug-likeness (QED) is 0.205. The molecule has 0 bridgehead atoms. The number of benzene rings is 3. The highest BCUT2D eigenvalue weighted by Crippen LogP contribution is 2.45. The normalized spacial score (nSPS) is 18.0. The van der Waals surface area contributed by atoms with Gasteiger partial charge in [0.2, 0.25) is 5.69 Å². The van der Waals surface area contributed by atoms with Gasteiger partial charge in [-0.2, -0.15) is 0 Å². The number of halogens is 1. The van der Waals surface area contributed by atoms with Crippen molar-refractivity contribution in [1.82, 2.24) is 0 Å². The lowest BCUT2D eigenvalue weighted by Gasteiger charge is -2.37. The molecule has 0 spiro atoms. The molecule has 1 saturated carbocycles. The number of fused-ring (bicyclic) bond motifs is 3. The third kappa shape index (κ3) is 4.78. The molecule has 41 heavy (non-hydrogen) atoms. The lowest BCUT2D eigenvalue weighted by Crippen LogP contribution is -2.31. The van der Waals surface area contributed by atoms with Crippen LogP contribution in [0.25, 0.3) is 44.3 Å². The van der Waals surface area contributed by atoms with Gasteiger partial charge in [-0.15, -0.1) is 0 Å². The van der Waals surface area contributed by atoms with Gasteiger partial charge in [0.05, 0.1) is 11.1 Å². The zero-order chi connectivity index (χ0) is 29.2. The molecule has 2 heterocycles. The van der Waals surface area contributed by atoms with Gasteiger partial charge in [0.15, 0.2) is 6.20 Å². The van der Waals surface area contributed by atoms with Gasteiger partial charge in [0.25, 0.3) is 0 Å². The van der Waals surface area contributed by atoms with Crippen molar-refractivity contribution in [3.8, 4) is 22.4 Å². The summed E-state index contributed by atoms with van der Waals surface area (Å²) in [6, 6.07) is 16.5. The number of aromatic nitrogens is 1. The van der Waals surface area contributed by atoms with E-state index in [1.165, 1.54) is 47.9 Å². The Balaban J connectivity index is 1.46. The molecule has 6 rings (SSSR count). The molecule has 0 amide bonds. The van der Waals surface area contributed by atoms with Gasteiger partial charge in [0, 0.05) is 22.4 Å². The fourth-order valence-corrected chi connectivity index (χ4v) is 7.26. The van der Waals surface area contributed by atoms with E-state index in [-0.39, 0.29) is 5.82 Å². The van der Waals surface area contributed by atoms with Gasteiger partial charge in [0.1, 0.15) is 24.0 Å². The van der Waals surface area contributed by atoms with E-state index in [2.05, 4.69) is 103 Å². The fraction of sp³-hybridized carbons (Fsp3) is 0.395. The van der Waals surface area contributed by atoms with Crippen LogP contribution < -0.4 is 4.57 Å². The van der Waals surface area contributed by atoms with Crippen molar-refractivity contribution in [3.05, 3.63) is 88.4 Å². The van der Waals surface area contributed by atoms with Gasteiger partial charge in [-0.3, -0.25) is 0 Å². The average molecular weight is 549 g/mol. The van der Waals surface area contributed by atoms with Crippen LogP contribution in [0.4, 0.5) is 4.39 Å². The summed E-state index contributed by atoms with van der Waals surface area (Å²) in [7, 11) is 2.08. The second kappa shape index (κ2) is 10.1. The first-order valence-corrected chi connectivity index (χ1v) is 15.2. The number of nitrogens with zero attached hydrogens (tertiary/aromatic N) is 1. The Bertz CT molecular complexity index is 1790. The Morgan fingerprint density at radius 1 is 0.732 bits per heavy atom. The highest BCUT2D eigenvalue weighted by atomic mass is 19.1. The van der Waals surface area contributed by atoms with Crippen molar-refractivity contribution in [3.63, 3.8) is 0 Å². The zero-order valence-electron chi connectivity index (χ0n) is 25.9. The monoisotopic (exact) mass is 548 g/mol. The van der Waals surface area contributed by atoms with Crippen molar-refractivity contribution >= 4 is 21.9 Å². The number of hydrogen-bond acceptors (Lipinski definition) is 1. The summed E-state index contributed by atoms with van der Waals surface area (Å²) < 4.78 is 24.5. The van der Waals surface area contributed by atoms with E-state index in [0.29, 0.717) is 22.5 Å². The molecule has 212 valence electrons. The molecular formula is C38H43FNO+. The Hall–Kier alpha value is -3.46. The van der Waals surface area contributed by atoms with Crippen LogP contribution in [-0.4, -0.2) is 0 Å². The number of aryl methyl sites for hydroxylation is 5. The molecule has 3 heteroatoms. The van der Waals surface area contributed by atoms with Gasteiger partial charge >= 0.3 is 0 Å². The molecule has 5 aromatic rings. The molecule has 1 fully saturated rings. The summed E-state index contributed by atoms with van der Waals surface area (Å²) in [5.41, 5.74) is 11.7. The van der Waals surface area contributed by atoms with Crippen LogP contribution in [-0.2, 0) is 7.05 Å². The number of hydrogen-bond donors (Lipinski definition) is 0. The molecule has 0 N–H and O–H groups in total. The van der Waals surface area contributed by atoms with Crippen molar-refractivity contribution < 1.29 is 13.4 Å². The predicted molar refractivity (Wildman–Crippen MR) is 169 cm³/mol. The van der Waals surface area contributed by atoms with Crippen LogP contribution in [0.15, 0.2) is 59.1 Å². The molecule has 1 aliphatic rings. The van der Waals surface area contributed by atoms with Crippen molar-refractivity contribution in [2.45, 2.75) is 80.1 Å². The first-order chi connectivity index (χ1) is 19.4. The van der Waals surface area contributed by atoms with E-state index < -0.39 is 0 Å². The summed E-state index contributed by atoms with van der Waals surface area (Å²) in [5.74, 6) is 1.13. The smallest absolute Gasteiger partial charge is 0.216 e. The highest BCUT2D eigenvalue weighted by molar-refractivity contribution is 6.13. The lowest BCUT2D eigenvalue weighted by atomic mass is 9.68. The van der Waals surface area contributed by atoms with E-state index >= 15 is 4.39 Å². The second-order valence-corrected chi connectivity index (χ2v) is 13.7. The molecule has 2 aromatic heterocycles. The second-order valence-electron chi connectivity index (χ2n) is 13.7. The van der Waals surface area contributed by atoms with Gasteiger partial charge in [-0.05, 0) is 111 Å². The largest absolute Gasteiger partial charge is 0.454 e. The Morgan fingerprint density at radius 3 is 2.05 bits per heavy atom. The fourth-order valence-electron chi connectivity index (χ4n) is 7.26.